The normalized spacial score (nSPS) is 11.9. The Kier molecular flexibility index (Phi) is 4.28. The van der Waals surface area contributed by atoms with Gasteiger partial charge in [-0.25, -0.2) is 4.98 Å². The van der Waals surface area contributed by atoms with Gasteiger partial charge in [-0.15, -0.1) is 0 Å². The summed E-state index contributed by atoms with van der Waals surface area (Å²) >= 11 is 0. The van der Waals surface area contributed by atoms with Gasteiger partial charge in [0.2, 0.25) is 0 Å². The molecule has 1 N–H and O–H groups in total. The average Bonchev–Trinajstić information content (AvgIpc) is 3.15. The highest BCUT2D eigenvalue weighted by Crippen LogP contribution is 2.24. The molecular formula is C19H23N3O2. The van der Waals surface area contributed by atoms with E-state index in [1.54, 1.807) is 0 Å². The zero-order valence-electron chi connectivity index (χ0n) is 14.6. The molecule has 0 atom stereocenters. The molecule has 1 aromatic carbocycles. The third kappa shape index (κ3) is 3.41. The molecule has 0 spiro atoms. The van der Waals surface area contributed by atoms with Crippen LogP contribution in [0.2, 0.25) is 0 Å². The van der Waals surface area contributed by atoms with E-state index >= 15 is 0 Å². The van der Waals surface area contributed by atoms with Gasteiger partial charge in [-0.3, -0.25) is 0 Å². The van der Waals surface area contributed by atoms with Crippen LogP contribution in [0, 0.1) is 6.92 Å². The van der Waals surface area contributed by atoms with Crippen molar-refractivity contribution in [2.24, 2.45) is 0 Å². The summed E-state index contributed by atoms with van der Waals surface area (Å²) < 4.78 is 7.52. The van der Waals surface area contributed by atoms with Crippen molar-refractivity contribution in [1.29, 1.82) is 0 Å². The average molecular weight is 325 g/mol. The molecule has 0 fully saturated rings. The number of hydrogen-bond donors (Lipinski definition) is 1. The van der Waals surface area contributed by atoms with Crippen LogP contribution >= 0.6 is 0 Å². The van der Waals surface area contributed by atoms with E-state index in [1.807, 2.05) is 29.0 Å². The molecule has 5 heteroatoms. The zero-order chi connectivity index (χ0) is 17.3. The maximum absolute atomic E-state index is 9.37. The van der Waals surface area contributed by atoms with Gasteiger partial charge in [-0.05, 0) is 6.92 Å². The smallest absolute Gasteiger partial charge is 0.157 e. The molecule has 0 radical (unpaired) electrons. The summed E-state index contributed by atoms with van der Waals surface area (Å²) in [5.74, 6) is 1.68. The van der Waals surface area contributed by atoms with E-state index in [2.05, 4.69) is 50.0 Å². The van der Waals surface area contributed by atoms with E-state index in [4.69, 9.17) is 4.52 Å². The van der Waals surface area contributed by atoms with E-state index in [0.29, 0.717) is 12.2 Å². The minimum atomic E-state index is -0.118. The van der Waals surface area contributed by atoms with Crippen molar-refractivity contribution in [2.75, 3.05) is 0 Å². The molecule has 2 heterocycles. The van der Waals surface area contributed by atoms with Gasteiger partial charge >= 0.3 is 0 Å². The highest BCUT2D eigenvalue weighted by Gasteiger charge is 2.22. The highest BCUT2D eigenvalue weighted by atomic mass is 16.5. The Morgan fingerprint density at radius 3 is 2.50 bits per heavy atom. The number of aryl methyl sites for hydroxylation is 1. The summed E-state index contributed by atoms with van der Waals surface area (Å²) in [6.45, 7) is 8.84. The van der Waals surface area contributed by atoms with Crippen LogP contribution in [0.4, 0.5) is 0 Å². The van der Waals surface area contributed by atoms with Crippen LogP contribution < -0.4 is 0 Å². The van der Waals surface area contributed by atoms with Crippen molar-refractivity contribution in [3.63, 3.8) is 0 Å². The van der Waals surface area contributed by atoms with Gasteiger partial charge in [0.15, 0.2) is 5.76 Å². The Hall–Kier alpha value is -2.40. The predicted molar refractivity (Wildman–Crippen MR) is 92.6 cm³/mol. The van der Waals surface area contributed by atoms with Crippen LogP contribution in [-0.4, -0.2) is 19.8 Å². The Morgan fingerprint density at radius 2 is 1.88 bits per heavy atom. The van der Waals surface area contributed by atoms with Crippen LogP contribution in [0.25, 0.3) is 11.3 Å². The summed E-state index contributed by atoms with van der Waals surface area (Å²) in [4.78, 5) is 4.52. The Balaban J connectivity index is 1.87. The van der Waals surface area contributed by atoms with Crippen molar-refractivity contribution >= 4 is 0 Å². The van der Waals surface area contributed by atoms with E-state index < -0.39 is 0 Å². The van der Waals surface area contributed by atoms with Crippen LogP contribution in [0.1, 0.15) is 43.6 Å². The number of benzene rings is 1. The van der Waals surface area contributed by atoms with Gasteiger partial charge in [0.25, 0.3) is 0 Å². The second-order valence-electron chi connectivity index (χ2n) is 7.14. The Labute approximate surface area is 141 Å². The van der Waals surface area contributed by atoms with E-state index in [1.165, 1.54) is 5.56 Å². The fourth-order valence-corrected chi connectivity index (χ4v) is 2.68. The molecule has 0 bridgehead atoms. The maximum atomic E-state index is 9.37. The van der Waals surface area contributed by atoms with Crippen molar-refractivity contribution < 1.29 is 9.63 Å². The molecular weight excluding hydrogens is 302 g/mol. The first-order valence-corrected chi connectivity index (χ1v) is 8.07. The lowest BCUT2D eigenvalue weighted by Gasteiger charge is -2.19. The van der Waals surface area contributed by atoms with Crippen LogP contribution in [0.15, 0.2) is 41.1 Å². The van der Waals surface area contributed by atoms with Crippen molar-refractivity contribution in [3.05, 3.63) is 59.4 Å². The first-order chi connectivity index (χ1) is 11.4. The molecule has 0 saturated heterocycles. The molecule has 0 aliphatic heterocycles. The highest BCUT2D eigenvalue weighted by molar-refractivity contribution is 5.59. The molecule has 0 aliphatic carbocycles. The zero-order valence-corrected chi connectivity index (χ0v) is 14.6. The minimum absolute atomic E-state index is 0.0684. The van der Waals surface area contributed by atoms with E-state index in [-0.39, 0.29) is 12.0 Å². The summed E-state index contributed by atoms with van der Waals surface area (Å²) in [6.07, 6.45) is 1.87. The second-order valence-corrected chi connectivity index (χ2v) is 7.14. The lowest BCUT2D eigenvalue weighted by molar-refractivity contribution is 0.277. The maximum Gasteiger partial charge on any atom is 0.157 e. The summed E-state index contributed by atoms with van der Waals surface area (Å²) in [5.41, 5.74) is 3.62. The number of aliphatic hydroxyl groups is 1. The minimum Gasteiger partial charge on any atom is -0.390 e. The summed E-state index contributed by atoms with van der Waals surface area (Å²) in [7, 11) is 0. The summed E-state index contributed by atoms with van der Waals surface area (Å²) in [5, 5.41) is 13.5. The molecule has 0 amide bonds. The quantitative estimate of drug-likeness (QED) is 0.794. The number of hydrogen-bond acceptors (Lipinski definition) is 4. The van der Waals surface area contributed by atoms with Crippen LogP contribution in [-0.2, 0) is 18.6 Å². The molecule has 3 rings (SSSR count). The Morgan fingerprint density at radius 1 is 1.17 bits per heavy atom. The van der Waals surface area contributed by atoms with Crippen LogP contribution in [0.3, 0.4) is 0 Å². The topological polar surface area (TPSA) is 64.1 Å². The van der Waals surface area contributed by atoms with Gasteiger partial charge < -0.3 is 14.2 Å². The largest absolute Gasteiger partial charge is 0.390 e. The van der Waals surface area contributed by atoms with Gasteiger partial charge in [0.05, 0.1) is 18.8 Å². The first-order valence-electron chi connectivity index (χ1n) is 8.07. The number of imidazole rings is 1. The number of rotatable bonds is 4. The molecule has 0 unspecified atom stereocenters. The Bertz CT molecular complexity index is 823. The predicted octanol–water partition coefficient (Wildman–Crippen LogP) is 3.68. The van der Waals surface area contributed by atoms with Crippen LogP contribution in [0.5, 0.6) is 0 Å². The molecule has 5 nitrogen and oxygen atoms in total. The molecule has 0 saturated carbocycles. The fourth-order valence-electron chi connectivity index (χ4n) is 2.68. The lowest BCUT2D eigenvalue weighted by Crippen LogP contribution is -2.19. The first kappa shape index (κ1) is 16.5. The number of aliphatic hydroxyl groups excluding tert-OH is 1. The molecule has 0 aliphatic rings. The van der Waals surface area contributed by atoms with E-state index in [9.17, 15) is 5.11 Å². The number of aromatic nitrogens is 3. The third-order valence-corrected chi connectivity index (χ3v) is 3.89. The van der Waals surface area contributed by atoms with Gasteiger partial charge in [-0.1, -0.05) is 55.8 Å². The molecule has 24 heavy (non-hydrogen) atoms. The van der Waals surface area contributed by atoms with E-state index in [0.717, 1.165) is 22.8 Å². The lowest BCUT2D eigenvalue weighted by atomic mass is 9.95. The van der Waals surface area contributed by atoms with Gasteiger partial charge in [0.1, 0.15) is 11.5 Å². The standard InChI is InChI=1S/C19H23N3O2/c1-13-5-7-14(8-6-13)17-9-16(24-21-17)11-22-10-15(12-23)20-18(22)19(2,3)4/h5-10,23H,11-12H2,1-4H3. The van der Waals surface area contributed by atoms with Crippen molar-refractivity contribution in [1.82, 2.24) is 14.7 Å². The SMILES string of the molecule is Cc1ccc(-c2cc(Cn3cc(CO)nc3C(C)(C)C)on2)cc1. The fraction of sp³-hybridized carbons (Fsp3) is 0.368. The summed E-state index contributed by atoms with van der Waals surface area (Å²) in [6, 6.07) is 10.2. The monoisotopic (exact) mass is 325 g/mol. The molecule has 3 aromatic rings. The second kappa shape index (κ2) is 6.24. The third-order valence-electron chi connectivity index (χ3n) is 3.89. The molecule has 126 valence electrons. The van der Waals surface area contributed by atoms with Crippen molar-refractivity contribution in [3.8, 4) is 11.3 Å². The van der Waals surface area contributed by atoms with Crippen molar-refractivity contribution in [2.45, 2.75) is 46.3 Å². The van der Waals surface area contributed by atoms with Gasteiger partial charge in [0, 0.05) is 23.2 Å². The molecule has 2 aromatic heterocycles. The van der Waals surface area contributed by atoms with Gasteiger partial charge in [-0.2, -0.15) is 0 Å². The number of nitrogens with zero attached hydrogens (tertiary/aromatic N) is 3.